The maximum absolute atomic E-state index is 4.08. The van der Waals surface area contributed by atoms with E-state index in [2.05, 4.69) is 38.0 Å². The summed E-state index contributed by atoms with van der Waals surface area (Å²) in [6, 6.07) is 8.05. The third kappa shape index (κ3) is 3.14. The lowest BCUT2D eigenvalue weighted by Crippen LogP contribution is -2.05. The molecule has 0 aliphatic rings. The minimum absolute atomic E-state index is 0.624. The molecule has 2 heterocycles. The van der Waals surface area contributed by atoms with Crippen LogP contribution in [-0.2, 0) is 12.3 Å². The second-order valence-corrected chi connectivity index (χ2v) is 5.76. The molecule has 0 bridgehead atoms. The summed E-state index contributed by atoms with van der Waals surface area (Å²) in [6.45, 7) is 4.95. The summed E-state index contributed by atoms with van der Waals surface area (Å²) < 4.78 is 3.54. The molecule has 0 saturated heterocycles. The van der Waals surface area contributed by atoms with Crippen molar-refractivity contribution in [3.63, 3.8) is 0 Å². The van der Waals surface area contributed by atoms with E-state index in [0.717, 1.165) is 35.2 Å². The SMILES string of the molecule is CCCn1nnnc1CSc1nnnn1-c1cccc(C)c1. The van der Waals surface area contributed by atoms with E-state index in [9.17, 15) is 0 Å². The first-order valence-corrected chi connectivity index (χ1v) is 7.99. The van der Waals surface area contributed by atoms with Crippen LogP contribution in [0.4, 0.5) is 0 Å². The minimum atomic E-state index is 0.624. The Morgan fingerprint density at radius 1 is 1.14 bits per heavy atom. The van der Waals surface area contributed by atoms with Crippen molar-refractivity contribution in [2.75, 3.05) is 0 Å². The monoisotopic (exact) mass is 316 g/mol. The molecule has 2 aromatic heterocycles. The Labute approximate surface area is 131 Å². The van der Waals surface area contributed by atoms with E-state index < -0.39 is 0 Å². The average Bonchev–Trinajstić information content (AvgIpc) is 3.14. The topological polar surface area (TPSA) is 87.2 Å². The van der Waals surface area contributed by atoms with Gasteiger partial charge in [0.25, 0.3) is 0 Å². The minimum Gasteiger partial charge on any atom is -0.229 e. The first-order valence-electron chi connectivity index (χ1n) is 7.01. The van der Waals surface area contributed by atoms with Gasteiger partial charge in [0.15, 0.2) is 5.82 Å². The zero-order valence-corrected chi connectivity index (χ0v) is 13.2. The fraction of sp³-hybridized carbons (Fsp3) is 0.385. The zero-order chi connectivity index (χ0) is 15.4. The lowest BCUT2D eigenvalue weighted by Gasteiger charge is -2.05. The molecule has 0 unspecified atom stereocenters. The molecule has 0 aliphatic carbocycles. The normalized spacial score (nSPS) is 11.0. The Kier molecular flexibility index (Phi) is 4.42. The summed E-state index contributed by atoms with van der Waals surface area (Å²) in [7, 11) is 0. The largest absolute Gasteiger partial charge is 0.229 e. The van der Waals surface area contributed by atoms with Gasteiger partial charge in [0.05, 0.1) is 11.4 Å². The molecule has 3 rings (SSSR count). The standard InChI is InChI=1S/C13H16N8S/c1-3-7-20-12(14-16-18-20)9-22-13-15-17-19-21(13)11-6-4-5-10(2)8-11/h4-6,8H,3,7,9H2,1-2H3. The highest BCUT2D eigenvalue weighted by molar-refractivity contribution is 7.98. The molecule has 0 fully saturated rings. The van der Waals surface area contributed by atoms with Crippen molar-refractivity contribution in [1.82, 2.24) is 40.4 Å². The molecular formula is C13H16N8S. The molecular weight excluding hydrogens is 300 g/mol. The molecule has 0 atom stereocenters. The van der Waals surface area contributed by atoms with E-state index in [1.165, 1.54) is 11.8 Å². The first kappa shape index (κ1) is 14.6. The van der Waals surface area contributed by atoms with Crippen molar-refractivity contribution in [3.8, 4) is 5.69 Å². The maximum atomic E-state index is 4.08. The van der Waals surface area contributed by atoms with Crippen LogP contribution in [-0.4, -0.2) is 40.4 Å². The van der Waals surface area contributed by atoms with Gasteiger partial charge in [-0.3, -0.25) is 0 Å². The molecule has 8 nitrogen and oxygen atoms in total. The van der Waals surface area contributed by atoms with Gasteiger partial charge in [-0.2, -0.15) is 4.68 Å². The lowest BCUT2D eigenvalue weighted by molar-refractivity contribution is 0.564. The fourth-order valence-electron chi connectivity index (χ4n) is 2.03. The van der Waals surface area contributed by atoms with Crippen LogP contribution < -0.4 is 0 Å². The van der Waals surface area contributed by atoms with E-state index in [4.69, 9.17) is 0 Å². The second-order valence-electron chi connectivity index (χ2n) is 4.82. The third-order valence-electron chi connectivity index (χ3n) is 3.06. The Morgan fingerprint density at radius 3 is 2.82 bits per heavy atom. The second kappa shape index (κ2) is 6.65. The number of rotatable bonds is 6. The lowest BCUT2D eigenvalue weighted by atomic mass is 10.2. The summed E-state index contributed by atoms with van der Waals surface area (Å²) in [4.78, 5) is 0. The van der Waals surface area contributed by atoms with E-state index >= 15 is 0 Å². The van der Waals surface area contributed by atoms with Crippen LogP contribution in [0.5, 0.6) is 0 Å². The number of aryl methyl sites for hydroxylation is 2. The van der Waals surface area contributed by atoms with E-state index in [1.807, 2.05) is 35.9 Å². The van der Waals surface area contributed by atoms with E-state index in [-0.39, 0.29) is 0 Å². The molecule has 1 aromatic carbocycles. The van der Waals surface area contributed by atoms with Crippen molar-refractivity contribution in [2.24, 2.45) is 0 Å². The van der Waals surface area contributed by atoms with Crippen LogP contribution in [0.3, 0.4) is 0 Å². The Morgan fingerprint density at radius 2 is 2.00 bits per heavy atom. The van der Waals surface area contributed by atoms with Gasteiger partial charge in [0, 0.05) is 6.54 Å². The highest BCUT2D eigenvalue weighted by Gasteiger charge is 2.12. The van der Waals surface area contributed by atoms with Crippen molar-refractivity contribution in [1.29, 1.82) is 0 Å². The van der Waals surface area contributed by atoms with Gasteiger partial charge in [-0.25, -0.2) is 4.68 Å². The Hall–Kier alpha value is -2.29. The van der Waals surface area contributed by atoms with Gasteiger partial charge in [0.2, 0.25) is 5.16 Å². The molecule has 0 radical (unpaired) electrons. The molecule has 114 valence electrons. The van der Waals surface area contributed by atoms with Gasteiger partial charge < -0.3 is 0 Å². The van der Waals surface area contributed by atoms with Crippen LogP contribution in [0.25, 0.3) is 5.69 Å². The summed E-state index contributed by atoms with van der Waals surface area (Å²) in [5.41, 5.74) is 2.11. The molecule has 3 aromatic rings. The predicted octanol–water partition coefficient (Wildman–Crippen LogP) is 1.66. The van der Waals surface area contributed by atoms with Crippen LogP contribution in [0.1, 0.15) is 24.7 Å². The number of tetrazole rings is 2. The van der Waals surface area contributed by atoms with E-state index in [1.54, 1.807) is 4.68 Å². The molecule has 0 N–H and O–H groups in total. The molecule has 9 heteroatoms. The molecule has 0 amide bonds. The van der Waals surface area contributed by atoms with Gasteiger partial charge >= 0.3 is 0 Å². The molecule has 0 aliphatic heterocycles. The van der Waals surface area contributed by atoms with Crippen LogP contribution in [0.15, 0.2) is 29.4 Å². The van der Waals surface area contributed by atoms with Crippen LogP contribution in [0.2, 0.25) is 0 Å². The van der Waals surface area contributed by atoms with E-state index in [0.29, 0.717) is 5.75 Å². The predicted molar refractivity (Wildman–Crippen MR) is 81.6 cm³/mol. The summed E-state index contributed by atoms with van der Waals surface area (Å²) in [6.07, 6.45) is 0.990. The average molecular weight is 316 g/mol. The number of hydrogen-bond acceptors (Lipinski definition) is 7. The number of aromatic nitrogens is 8. The smallest absolute Gasteiger partial charge is 0.214 e. The van der Waals surface area contributed by atoms with Crippen molar-refractivity contribution in [3.05, 3.63) is 35.7 Å². The fourth-order valence-corrected chi connectivity index (χ4v) is 2.86. The van der Waals surface area contributed by atoms with Gasteiger partial charge in [-0.1, -0.05) is 30.8 Å². The quantitative estimate of drug-likeness (QED) is 0.639. The highest BCUT2D eigenvalue weighted by Crippen LogP contribution is 2.21. The summed E-state index contributed by atoms with van der Waals surface area (Å²) in [5.74, 6) is 1.45. The number of thioether (sulfide) groups is 1. The van der Waals surface area contributed by atoms with Crippen LogP contribution >= 0.6 is 11.8 Å². The van der Waals surface area contributed by atoms with Crippen molar-refractivity contribution in [2.45, 2.75) is 37.7 Å². The summed E-state index contributed by atoms with van der Waals surface area (Å²) in [5, 5.41) is 24.4. The molecule has 0 saturated carbocycles. The zero-order valence-electron chi connectivity index (χ0n) is 12.4. The van der Waals surface area contributed by atoms with Crippen molar-refractivity contribution >= 4 is 11.8 Å². The highest BCUT2D eigenvalue weighted by atomic mass is 32.2. The molecule has 22 heavy (non-hydrogen) atoms. The third-order valence-corrected chi connectivity index (χ3v) is 3.97. The summed E-state index contributed by atoms with van der Waals surface area (Å²) >= 11 is 1.52. The maximum Gasteiger partial charge on any atom is 0.214 e. The van der Waals surface area contributed by atoms with Gasteiger partial charge in [0.1, 0.15) is 0 Å². The van der Waals surface area contributed by atoms with Crippen molar-refractivity contribution < 1.29 is 0 Å². The number of benzene rings is 1. The Balaban J connectivity index is 1.77. The first-order chi connectivity index (χ1) is 10.8. The van der Waals surface area contributed by atoms with Crippen LogP contribution in [0, 0.1) is 6.92 Å². The Bertz CT molecular complexity index is 750. The molecule has 0 spiro atoms. The number of nitrogens with zero attached hydrogens (tertiary/aromatic N) is 8. The van der Waals surface area contributed by atoms with Gasteiger partial charge in [-0.05, 0) is 51.9 Å². The number of hydrogen-bond donors (Lipinski definition) is 0. The van der Waals surface area contributed by atoms with Gasteiger partial charge in [-0.15, -0.1) is 10.2 Å².